The molecule has 0 aliphatic carbocycles. The zero-order valence-corrected chi connectivity index (χ0v) is 33.4. The van der Waals surface area contributed by atoms with Gasteiger partial charge in [-0.05, 0) is 0 Å². The molecule has 0 aromatic rings. The largest absolute Gasteiger partial charge is 0.465 e. The van der Waals surface area contributed by atoms with Gasteiger partial charge in [-0.3, -0.25) is 19.2 Å². The SMILES string of the molecule is O=C(CCSCC(O)CCl)OCC(COC(=O)CCSCC(O)CCl)(COC(=O)CCSCC(O)CCl)COC(=O)CCSCC(O)CCl. The monoisotopic (exact) mass is 856 g/mol. The zero-order valence-electron chi connectivity index (χ0n) is 27.2. The van der Waals surface area contributed by atoms with Crippen LogP contribution in [0.15, 0.2) is 0 Å². The van der Waals surface area contributed by atoms with Crippen LogP contribution < -0.4 is 0 Å². The highest BCUT2D eigenvalue weighted by atomic mass is 35.5. The van der Waals surface area contributed by atoms with Crippen molar-refractivity contribution in [3.05, 3.63) is 0 Å². The van der Waals surface area contributed by atoms with E-state index in [-0.39, 0.29) is 49.2 Å². The van der Waals surface area contributed by atoms with Crippen LogP contribution >= 0.6 is 93.5 Å². The number of hydrogen-bond acceptors (Lipinski definition) is 16. The summed E-state index contributed by atoms with van der Waals surface area (Å²) in [6.45, 7) is -1.67. The van der Waals surface area contributed by atoms with E-state index in [1.807, 2.05) is 0 Å². The lowest BCUT2D eigenvalue weighted by Gasteiger charge is -2.31. The Bertz CT molecular complexity index is 774. The molecule has 0 spiro atoms. The average Bonchev–Trinajstić information content (AvgIpc) is 3.10. The van der Waals surface area contributed by atoms with Gasteiger partial charge in [0.2, 0.25) is 0 Å². The van der Waals surface area contributed by atoms with Crippen molar-refractivity contribution in [2.45, 2.75) is 50.1 Å². The highest BCUT2D eigenvalue weighted by molar-refractivity contribution is 7.99. The lowest BCUT2D eigenvalue weighted by Crippen LogP contribution is -2.44. The number of aliphatic hydroxyl groups excluding tert-OH is 4. The van der Waals surface area contributed by atoms with Gasteiger partial charge >= 0.3 is 23.9 Å². The number of aliphatic hydroxyl groups is 4. The number of halogens is 4. The first kappa shape index (κ1) is 49.3. The molecule has 4 N–H and O–H groups in total. The number of thioether (sulfide) groups is 4. The fraction of sp³-hybridized carbons (Fsp3) is 0.862. The van der Waals surface area contributed by atoms with E-state index < -0.39 is 80.1 Å². The van der Waals surface area contributed by atoms with Crippen molar-refractivity contribution in [2.75, 3.05) is 96.0 Å². The van der Waals surface area contributed by atoms with E-state index in [0.29, 0.717) is 46.0 Å². The van der Waals surface area contributed by atoms with Gasteiger partial charge in [-0.25, -0.2) is 0 Å². The minimum atomic E-state index is -1.45. The maximum atomic E-state index is 12.6. The van der Waals surface area contributed by atoms with Crippen LogP contribution in [0.3, 0.4) is 0 Å². The Balaban J connectivity index is 5.63. The molecule has 49 heavy (non-hydrogen) atoms. The minimum Gasteiger partial charge on any atom is -0.465 e. The van der Waals surface area contributed by atoms with Gasteiger partial charge in [0.25, 0.3) is 0 Å². The zero-order chi connectivity index (χ0) is 36.9. The van der Waals surface area contributed by atoms with Gasteiger partial charge in [0.05, 0.1) is 50.1 Å². The van der Waals surface area contributed by atoms with E-state index in [0.717, 1.165) is 0 Å². The molecule has 0 saturated carbocycles. The number of carbonyl (C=O) groups is 4. The summed E-state index contributed by atoms with van der Waals surface area (Å²) in [4.78, 5) is 50.5. The van der Waals surface area contributed by atoms with E-state index in [4.69, 9.17) is 65.4 Å². The van der Waals surface area contributed by atoms with E-state index in [2.05, 4.69) is 0 Å². The molecule has 0 aliphatic heterocycles. The Morgan fingerprint density at radius 3 is 0.837 bits per heavy atom. The summed E-state index contributed by atoms with van der Waals surface area (Å²) in [7, 11) is 0. The predicted octanol–water partition coefficient (Wildman–Crippen LogP) is 3.04. The molecule has 0 heterocycles. The van der Waals surface area contributed by atoms with Gasteiger partial charge in [-0.15, -0.1) is 46.4 Å². The van der Waals surface area contributed by atoms with Crippen molar-refractivity contribution in [1.29, 1.82) is 0 Å². The van der Waals surface area contributed by atoms with E-state index in [1.165, 1.54) is 47.0 Å². The molecule has 4 unspecified atom stereocenters. The van der Waals surface area contributed by atoms with Crippen LogP contribution in [0.1, 0.15) is 25.7 Å². The fourth-order valence-electron chi connectivity index (χ4n) is 3.15. The van der Waals surface area contributed by atoms with Crippen molar-refractivity contribution in [3.8, 4) is 0 Å². The summed E-state index contributed by atoms with van der Waals surface area (Å²) in [5.74, 6) is 0.461. The number of alkyl halides is 4. The molecule has 0 fully saturated rings. The molecule has 20 heteroatoms. The van der Waals surface area contributed by atoms with Crippen molar-refractivity contribution in [2.24, 2.45) is 5.41 Å². The molecular weight excluding hydrogens is 810 g/mol. The third-order valence-electron chi connectivity index (χ3n) is 5.91. The highest BCUT2D eigenvalue weighted by Crippen LogP contribution is 2.23. The van der Waals surface area contributed by atoms with E-state index in [9.17, 15) is 39.6 Å². The summed E-state index contributed by atoms with van der Waals surface area (Å²) < 4.78 is 22.0. The second kappa shape index (κ2) is 31.8. The third kappa shape index (κ3) is 28.5. The van der Waals surface area contributed by atoms with Gasteiger partial charge in [0, 0.05) is 69.5 Å². The molecule has 0 amide bonds. The van der Waals surface area contributed by atoms with Gasteiger partial charge in [-0.2, -0.15) is 47.0 Å². The van der Waals surface area contributed by atoms with E-state index >= 15 is 0 Å². The maximum absolute atomic E-state index is 12.6. The first-order valence-electron chi connectivity index (χ1n) is 15.3. The molecule has 288 valence electrons. The lowest BCUT2D eigenvalue weighted by molar-refractivity contribution is -0.170. The van der Waals surface area contributed by atoms with Crippen LogP contribution in [0.25, 0.3) is 0 Å². The van der Waals surface area contributed by atoms with Gasteiger partial charge in [0.15, 0.2) is 0 Å². The Morgan fingerprint density at radius 1 is 0.449 bits per heavy atom. The van der Waals surface area contributed by atoms with Gasteiger partial charge in [-0.1, -0.05) is 0 Å². The quantitative estimate of drug-likeness (QED) is 0.0335. The molecule has 0 radical (unpaired) electrons. The highest BCUT2D eigenvalue weighted by Gasteiger charge is 2.38. The number of rotatable bonds is 32. The number of esters is 4. The fourth-order valence-corrected chi connectivity index (χ4v) is 7.58. The summed E-state index contributed by atoms with van der Waals surface area (Å²) in [5.41, 5.74) is -1.45. The van der Waals surface area contributed by atoms with Crippen LogP contribution in [0, 0.1) is 5.41 Å². The molecule has 0 bridgehead atoms. The van der Waals surface area contributed by atoms with Crippen LogP contribution in [0.2, 0.25) is 0 Å². The first-order valence-corrected chi connectivity index (χ1v) is 22.1. The van der Waals surface area contributed by atoms with Gasteiger partial charge in [0.1, 0.15) is 31.8 Å². The molecular formula is C29H48Cl4O12S4. The molecule has 0 aliphatic rings. The smallest absolute Gasteiger partial charge is 0.306 e. The molecule has 4 atom stereocenters. The van der Waals surface area contributed by atoms with Crippen molar-refractivity contribution < 1.29 is 58.6 Å². The molecule has 0 aromatic carbocycles. The van der Waals surface area contributed by atoms with Gasteiger partial charge < -0.3 is 39.4 Å². The summed E-state index contributed by atoms with van der Waals surface area (Å²) in [5, 5.41) is 38.4. The summed E-state index contributed by atoms with van der Waals surface area (Å²) in [6, 6.07) is 0. The lowest BCUT2D eigenvalue weighted by atomic mass is 9.92. The number of hydrogen-bond donors (Lipinski definition) is 4. The topological polar surface area (TPSA) is 186 Å². The van der Waals surface area contributed by atoms with Crippen molar-refractivity contribution in [3.63, 3.8) is 0 Å². The Labute approximate surface area is 325 Å². The normalized spacial score (nSPS) is 15.0. The standard InChI is InChI=1S/C29H48Cl4O12S4/c30-9-21(34)13-46-5-1-25(38)42-17-29(18-43-26(39)2-6-47-14-22(35)10-31,19-44-27(40)3-7-48-15-23(36)11-32)20-45-28(41)4-8-49-16-24(37)12-33/h21-24,34-37H,1-20H2. The Kier molecular flexibility index (Phi) is 32.0. The molecule has 0 aromatic heterocycles. The van der Waals surface area contributed by atoms with Crippen LogP contribution in [0.5, 0.6) is 0 Å². The minimum absolute atomic E-state index is 0.0166. The van der Waals surface area contributed by atoms with Crippen LogP contribution in [0.4, 0.5) is 0 Å². The van der Waals surface area contributed by atoms with Crippen molar-refractivity contribution >= 4 is 117 Å². The number of ether oxygens (including phenoxy) is 4. The van der Waals surface area contributed by atoms with Crippen molar-refractivity contribution in [1.82, 2.24) is 0 Å². The summed E-state index contributed by atoms with van der Waals surface area (Å²) in [6.07, 6.45) is -2.93. The maximum Gasteiger partial charge on any atom is 0.306 e. The molecule has 0 saturated heterocycles. The predicted molar refractivity (Wildman–Crippen MR) is 201 cm³/mol. The Morgan fingerprint density at radius 2 is 0.653 bits per heavy atom. The average molecular weight is 859 g/mol. The second-order valence-corrected chi connectivity index (χ2v) is 16.5. The van der Waals surface area contributed by atoms with Crippen LogP contribution in [-0.2, 0) is 38.1 Å². The number of carbonyl (C=O) groups excluding carboxylic acids is 4. The van der Waals surface area contributed by atoms with E-state index in [1.54, 1.807) is 0 Å². The molecule has 0 rings (SSSR count). The Hall–Kier alpha value is 0.280. The third-order valence-corrected chi connectivity index (χ3v) is 11.8. The summed E-state index contributed by atoms with van der Waals surface area (Å²) >= 11 is 27.6. The van der Waals surface area contributed by atoms with Crippen LogP contribution in [-0.4, -0.2) is 165 Å². The second-order valence-electron chi connectivity index (χ2n) is 10.7. The molecule has 12 nitrogen and oxygen atoms in total. The first-order chi connectivity index (χ1) is 23.4.